The van der Waals surface area contributed by atoms with Gasteiger partial charge in [-0.2, -0.15) is 4.98 Å². The van der Waals surface area contributed by atoms with Gasteiger partial charge < -0.3 is 14.5 Å². The van der Waals surface area contributed by atoms with Crippen LogP contribution >= 0.6 is 0 Å². The van der Waals surface area contributed by atoms with Crippen LogP contribution < -0.4 is 10.1 Å². The van der Waals surface area contributed by atoms with Crippen LogP contribution in [0.2, 0.25) is 0 Å². The first-order valence-corrected chi connectivity index (χ1v) is 6.60. The average molecular weight is 259 g/mol. The Bertz CT molecular complexity index is 508. The summed E-state index contributed by atoms with van der Waals surface area (Å²) in [6.45, 7) is 1.27. The fourth-order valence-electron chi connectivity index (χ4n) is 1.76. The summed E-state index contributed by atoms with van der Waals surface area (Å²) in [7, 11) is 0. The van der Waals surface area contributed by atoms with Gasteiger partial charge in [-0.3, -0.25) is 4.98 Å². The van der Waals surface area contributed by atoms with Crippen LogP contribution in [0.25, 0.3) is 0 Å². The molecule has 2 aromatic heterocycles. The number of ether oxygens (including phenoxy) is 1. The van der Waals surface area contributed by atoms with Crippen LogP contribution in [0.15, 0.2) is 35.1 Å². The fourth-order valence-corrected chi connectivity index (χ4v) is 1.76. The van der Waals surface area contributed by atoms with Crippen LogP contribution in [0.1, 0.15) is 24.2 Å². The van der Waals surface area contributed by atoms with Crippen LogP contribution in [0.4, 0.5) is 0 Å². The number of rotatable bonds is 7. The van der Waals surface area contributed by atoms with E-state index in [1.165, 1.54) is 12.8 Å². The van der Waals surface area contributed by atoms with E-state index in [1.807, 2.05) is 18.2 Å². The standard InChI is InChI=1S/C14H17N3O2/c1-2-7-15-11(3-1)6-8-18-14-17-13(10-19-14)9-16-12-4-5-12/h1-3,7,10,12,16H,4-6,8-9H2. The predicted octanol–water partition coefficient (Wildman–Crippen LogP) is 1.94. The van der Waals surface area contributed by atoms with Crippen LogP contribution in [-0.4, -0.2) is 22.6 Å². The van der Waals surface area contributed by atoms with Crippen molar-refractivity contribution in [3.05, 3.63) is 42.0 Å². The summed E-state index contributed by atoms with van der Waals surface area (Å²) in [5, 5.41) is 3.38. The summed E-state index contributed by atoms with van der Waals surface area (Å²) in [5.74, 6) is 0. The van der Waals surface area contributed by atoms with Gasteiger partial charge in [0, 0.05) is 30.9 Å². The largest absolute Gasteiger partial charge is 0.450 e. The lowest BCUT2D eigenvalue weighted by Gasteiger charge is -2.00. The summed E-state index contributed by atoms with van der Waals surface area (Å²) in [5.41, 5.74) is 1.89. The SMILES string of the molecule is c1ccc(CCOc2nc(CNC3CC3)co2)nc1. The van der Waals surface area contributed by atoms with Gasteiger partial charge in [0.05, 0.1) is 12.3 Å². The molecule has 1 saturated carbocycles. The molecule has 1 fully saturated rings. The number of nitrogens with one attached hydrogen (secondary N) is 1. The van der Waals surface area contributed by atoms with Gasteiger partial charge >= 0.3 is 6.08 Å². The van der Waals surface area contributed by atoms with Crippen molar-refractivity contribution in [3.63, 3.8) is 0 Å². The molecule has 1 N–H and O–H groups in total. The molecule has 100 valence electrons. The van der Waals surface area contributed by atoms with Gasteiger partial charge in [-0.1, -0.05) is 6.07 Å². The Morgan fingerprint density at radius 3 is 3.05 bits per heavy atom. The number of pyridine rings is 1. The first-order valence-electron chi connectivity index (χ1n) is 6.60. The van der Waals surface area contributed by atoms with E-state index in [2.05, 4.69) is 15.3 Å². The molecule has 0 spiro atoms. The van der Waals surface area contributed by atoms with E-state index in [9.17, 15) is 0 Å². The third-order valence-electron chi connectivity index (χ3n) is 2.99. The summed E-state index contributed by atoms with van der Waals surface area (Å²) >= 11 is 0. The molecule has 0 amide bonds. The minimum atomic E-state index is 0.337. The third-order valence-corrected chi connectivity index (χ3v) is 2.99. The number of oxazole rings is 1. The lowest BCUT2D eigenvalue weighted by atomic mass is 10.3. The van der Waals surface area contributed by atoms with Gasteiger partial charge in [0.15, 0.2) is 0 Å². The van der Waals surface area contributed by atoms with Crippen LogP contribution in [0, 0.1) is 0 Å². The lowest BCUT2D eigenvalue weighted by molar-refractivity contribution is 0.232. The zero-order chi connectivity index (χ0) is 12.9. The molecule has 19 heavy (non-hydrogen) atoms. The Hall–Kier alpha value is -1.88. The molecule has 0 aliphatic heterocycles. The van der Waals surface area contributed by atoms with Gasteiger partial charge in [0.25, 0.3) is 0 Å². The summed E-state index contributed by atoms with van der Waals surface area (Å²) < 4.78 is 10.7. The Balaban J connectivity index is 1.42. The van der Waals surface area contributed by atoms with Gasteiger partial charge in [-0.25, -0.2) is 0 Å². The highest BCUT2D eigenvalue weighted by Gasteiger charge is 2.20. The minimum Gasteiger partial charge on any atom is -0.450 e. The van der Waals surface area contributed by atoms with Crippen molar-refractivity contribution in [2.45, 2.75) is 31.8 Å². The maximum absolute atomic E-state index is 5.47. The minimum absolute atomic E-state index is 0.337. The molecule has 3 rings (SSSR count). The highest BCUT2D eigenvalue weighted by atomic mass is 16.6. The van der Waals surface area contributed by atoms with Gasteiger partial charge in [-0.15, -0.1) is 0 Å². The Kier molecular flexibility index (Phi) is 3.74. The third kappa shape index (κ3) is 3.79. The fraction of sp³-hybridized carbons (Fsp3) is 0.429. The lowest BCUT2D eigenvalue weighted by Crippen LogP contribution is -2.15. The van der Waals surface area contributed by atoms with E-state index >= 15 is 0 Å². The highest BCUT2D eigenvalue weighted by molar-refractivity contribution is 5.04. The zero-order valence-electron chi connectivity index (χ0n) is 10.7. The first kappa shape index (κ1) is 12.2. The number of nitrogens with zero attached hydrogens (tertiary/aromatic N) is 2. The van der Waals surface area contributed by atoms with E-state index in [-0.39, 0.29) is 0 Å². The van der Waals surface area contributed by atoms with Crippen LogP contribution in [-0.2, 0) is 13.0 Å². The van der Waals surface area contributed by atoms with Gasteiger partial charge in [0.1, 0.15) is 6.26 Å². The molecule has 1 aliphatic rings. The van der Waals surface area contributed by atoms with Crippen LogP contribution in [0.5, 0.6) is 6.08 Å². The molecule has 0 atom stereocenters. The van der Waals surface area contributed by atoms with E-state index in [0.717, 1.165) is 24.4 Å². The molecule has 0 radical (unpaired) electrons. The van der Waals surface area contributed by atoms with Crippen molar-refractivity contribution in [2.24, 2.45) is 0 Å². The predicted molar refractivity (Wildman–Crippen MR) is 69.8 cm³/mol. The second-order valence-corrected chi connectivity index (χ2v) is 4.68. The molecule has 0 saturated heterocycles. The van der Waals surface area contributed by atoms with E-state index in [1.54, 1.807) is 12.5 Å². The van der Waals surface area contributed by atoms with Crippen LogP contribution in [0.3, 0.4) is 0 Å². The second-order valence-electron chi connectivity index (χ2n) is 4.68. The normalized spacial score (nSPS) is 14.5. The molecule has 0 bridgehead atoms. The molecular formula is C14H17N3O2. The average Bonchev–Trinajstić information content (AvgIpc) is 3.17. The maximum Gasteiger partial charge on any atom is 0.393 e. The van der Waals surface area contributed by atoms with Gasteiger partial charge in [0.2, 0.25) is 0 Å². The number of aromatic nitrogens is 2. The summed E-state index contributed by atoms with van der Waals surface area (Å²) in [6.07, 6.45) is 7.05. The second kappa shape index (κ2) is 5.84. The number of hydrogen-bond acceptors (Lipinski definition) is 5. The molecule has 2 heterocycles. The van der Waals surface area contributed by atoms with Crippen molar-refractivity contribution in [3.8, 4) is 6.08 Å². The highest BCUT2D eigenvalue weighted by Crippen LogP contribution is 2.19. The molecule has 5 nitrogen and oxygen atoms in total. The quantitative estimate of drug-likeness (QED) is 0.823. The summed E-state index contributed by atoms with van der Waals surface area (Å²) in [4.78, 5) is 8.50. The first-order chi connectivity index (χ1) is 9.40. The van der Waals surface area contributed by atoms with E-state index in [0.29, 0.717) is 18.7 Å². The van der Waals surface area contributed by atoms with E-state index in [4.69, 9.17) is 9.15 Å². The summed E-state index contributed by atoms with van der Waals surface area (Å²) in [6, 6.07) is 6.52. The molecule has 5 heteroatoms. The van der Waals surface area contributed by atoms with Crippen molar-refractivity contribution in [2.75, 3.05) is 6.61 Å². The molecule has 2 aromatic rings. The number of hydrogen-bond donors (Lipinski definition) is 1. The monoisotopic (exact) mass is 259 g/mol. The van der Waals surface area contributed by atoms with Crippen molar-refractivity contribution < 1.29 is 9.15 Å². The van der Waals surface area contributed by atoms with Gasteiger partial charge in [-0.05, 0) is 25.0 Å². The zero-order valence-corrected chi connectivity index (χ0v) is 10.7. The topological polar surface area (TPSA) is 60.2 Å². The molecule has 1 aliphatic carbocycles. The smallest absolute Gasteiger partial charge is 0.393 e. The Morgan fingerprint density at radius 2 is 2.26 bits per heavy atom. The van der Waals surface area contributed by atoms with Crippen molar-refractivity contribution in [1.29, 1.82) is 0 Å². The molecular weight excluding hydrogens is 242 g/mol. The van der Waals surface area contributed by atoms with Crippen molar-refractivity contribution in [1.82, 2.24) is 15.3 Å². The Morgan fingerprint density at radius 1 is 1.32 bits per heavy atom. The molecule has 0 unspecified atom stereocenters. The Labute approximate surface area is 112 Å². The van der Waals surface area contributed by atoms with Crippen molar-refractivity contribution >= 4 is 0 Å². The van der Waals surface area contributed by atoms with E-state index < -0.39 is 0 Å². The maximum atomic E-state index is 5.47. The molecule has 0 aromatic carbocycles.